The highest BCUT2D eigenvalue weighted by Gasteiger charge is 2.29. The first-order valence-electron chi connectivity index (χ1n) is 4.81. The molecule has 0 aliphatic carbocycles. The van der Waals surface area contributed by atoms with E-state index in [-0.39, 0.29) is 24.0 Å². The molecule has 0 spiro atoms. The molecule has 5 heteroatoms. The maximum absolute atomic E-state index is 11.3. The Morgan fingerprint density at radius 2 is 1.94 bits per heavy atom. The van der Waals surface area contributed by atoms with Crippen LogP contribution in [0.4, 0.5) is 0 Å². The number of esters is 1. The van der Waals surface area contributed by atoms with E-state index < -0.39 is 12.0 Å². The van der Waals surface area contributed by atoms with Crippen LogP contribution in [0.1, 0.15) is 13.8 Å². The van der Waals surface area contributed by atoms with Gasteiger partial charge in [-0.25, -0.2) is 4.79 Å². The van der Waals surface area contributed by atoms with Crippen molar-refractivity contribution in [2.45, 2.75) is 19.9 Å². The van der Waals surface area contributed by atoms with Gasteiger partial charge in [0, 0.05) is 17.7 Å². The van der Waals surface area contributed by atoms with Gasteiger partial charge in [-0.15, -0.1) is 0 Å². The van der Waals surface area contributed by atoms with Gasteiger partial charge in [0.1, 0.15) is 6.61 Å². The average Bonchev–Trinajstić information content (AvgIpc) is 2.54. The molecule has 0 aromatic rings. The van der Waals surface area contributed by atoms with Crippen LogP contribution in [0.3, 0.4) is 0 Å². The second kappa shape index (κ2) is 4.74. The Hall–Kier alpha value is -1.91. The minimum absolute atomic E-state index is 0.0230. The molecule has 1 unspecified atom stereocenters. The summed E-state index contributed by atoms with van der Waals surface area (Å²) in [5.41, 5.74) is 0.282. The third-order valence-corrected chi connectivity index (χ3v) is 2.09. The van der Waals surface area contributed by atoms with Crippen LogP contribution in [0.25, 0.3) is 0 Å². The lowest BCUT2D eigenvalue weighted by Crippen LogP contribution is -2.41. The van der Waals surface area contributed by atoms with E-state index in [4.69, 9.17) is 4.74 Å². The number of hydrogen-bond donors (Lipinski definition) is 0. The van der Waals surface area contributed by atoms with Crippen molar-refractivity contribution in [3.8, 4) is 0 Å². The fourth-order valence-electron chi connectivity index (χ4n) is 1.24. The van der Waals surface area contributed by atoms with Crippen LogP contribution in [-0.4, -0.2) is 35.3 Å². The topological polar surface area (TPSA) is 63.7 Å². The van der Waals surface area contributed by atoms with Gasteiger partial charge < -0.3 is 4.74 Å². The number of amides is 2. The average molecular weight is 223 g/mol. The molecule has 0 N–H and O–H groups in total. The number of carbonyl (C=O) groups excluding carboxylic acids is 3. The fourth-order valence-corrected chi connectivity index (χ4v) is 1.24. The third-order valence-electron chi connectivity index (χ3n) is 2.09. The Morgan fingerprint density at radius 3 is 2.38 bits per heavy atom. The largest absolute Gasteiger partial charge is 0.460 e. The van der Waals surface area contributed by atoms with Crippen molar-refractivity contribution in [2.24, 2.45) is 0 Å². The van der Waals surface area contributed by atoms with Crippen molar-refractivity contribution in [1.82, 2.24) is 4.90 Å². The van der Waals surface area contributed by atoms with Crippen LogP contribution in [0, 0.1) is 0 Å². The predicted octanol–water partition coefficient (Wildman–Crippen LogP) is 0.419. The van der Waals surface area contributed by atoms with Crippen LogP contribution in [0.2, 0.25) is 0 Å². The Kier molecular flexibility index (Phi) is 3.60. The predicted molar refractivity (Wildman–Crippen MR) is 56.2 cm³/mol. The van der Waals surface area contributed by atoms with Gasteiger partial charge in [0.2, 0.25) is 0 Å². The molecule has 2 amide bonds. The van der Waals surface area contributed by atoms with Gasteiger partial charge in [-0.3, -0.25) is 14.5 Å². The van der Waals surface area contributed by atoms with Crippen LogP contribution in [0.15, 0.2) is 24.3 Å². The van der Waals surface area contributed by atoms with E-state index in [9.17, 15) is 14.4 Å². The molecule has 1 rings (SSSR count). The van der Waals surface area contributed by atoms with E-state index >= 15 is 0 Å². The first-order chi connectivity index (χ1) is 7.43. The number of ether oxygens (including phenoxy) is 1. The number of nitrogens with zero attached hydrogens (tertiary/aromatic N) is 1. The van der Waals surface area contributed by atoms with Crippen LogP contribution >= 0.6 is 0 Å². The van der Waals surface area contributed by atoms with Crippen LogP contribution in [-0.2, 0) is 19.1 Å². The summed E-state index contributed by atoms with van der Waals surface area (Å²) in [5, 5.41) is 0. The summed E-state index contributed by atoms with van der Waals surface area (Å²) >= 11 is 0. The van der Waals surface area contributed by atoms with E-state index in [0.717, 1.165) is 4.90 Å². The SMILES string of the molecule is C=C(C)C(=O)OCC(C)N1C(=O)C=CC1=O. The van der Waals surface area contributed by atoms with Gasteiger partial charge in [0.25, 0.3) is 11.8 Å². The minimum Gasteiger partial charge on any atom is -0.460 e. The molecule has 0 aromatic heterocycles. The van der Waals surface area contributed by atoms with Gasteiger partial charge in [-0.05, 0) is 13.8 Å². The summed E-state index contributed by atoms with van der Waals surface area (Å²) in [4.78, 5) is 34.7. The first-order valence-corrected chi connectivity index (χ1v) is 4.81. The Labute approximate surface area is 93.4 Å². The molecule has 0 aromatic carbocycles. The Morgan fingerprint density at radius 1 is 1.44 bits per heavy atom. The van der Waals surface area contributed by atoms with Gasteiger partial charge in [0.05, 0.1) is 6.04 Å². The van der Waals surface area contributed by atoms with E-state index in [1.807, 2.05) is 0 Å². The summed E-state index contributed by atoms with van der Waals surface area (Å²) in [6, 6.07) is -0.474. The van der Waals surface area contributed by atoms with Crippen LogP contribution < -0.4 is 0 Å². The smallest absolute Gasteiger partial charge is 0.333 e. The normalized spacial score (nSPS) is 16.5. The van der Waals surface area contributed by atoms with Gasteiger partial charge in [-0.1, -0.05) is 6.58 Å². The van der Waals surface area contributed by atoms with E-state index in [0.29, 0.717) is 0 Å². The van der Waals surface area contributed by atoms with Gasteiger partial charge in [0.15, 0.2) is 0 Å². The summed E-state index contributed by atoms with van der Waals surface area (Å²) < 4.78 is 4.86. The quantitative estimate of drug-likeness (QED) is 0.393. The highest BCUT2D eigenvalue weighted by Crippen LogP contribution is 2.09. The minimum atomic E-state index is -0.529. The van der Waals surface area contributed by atoms with E-state index in [2.05, 4.69) is 6.58 Å². The lowest BCUT2D eigenvalue weighted by Gasteiger charge is -2.21. The molecule has 0 radical (unpaired) electrons. The first kappa shape index (κ1) is 12.2. The maximum Gasteiger partial charge on any atom is 0.333 e. The van der Waals surface area contributed by atoms with Crippen molar-refractivity contribution in [3.63, 3.8) is 0 Å². The monoisotopic (exact) mass is 223 g/mol. The van der Waals surface area contributed by atoms with Gasteiger partial charge >= 0.3 is 5.97 Å². The summed E-state index contributed by atoms with van der Waals surface area (Å²) in [6.07, 6.45) is 2.39. The molecular weight excluding hydrogens is 210 g/mol. The number of carbonyl (C=O) groups is 3. The summed E-state index contributed by atoms with van der Waals surface area (Å²) in [6.45, 7) is 6.57. The Balaban J connectivity index is 2.50. The zero-order chi connectivity index (χ0) is 12.3. The molecule has 0 fully saturated rings. The molecule has 16 heavy (non-hydrogen) atoms. The molecule has 0 saturated carbocycles. The zero-order valence-electron chi connectivity index (χ0n) is 9.23. The number of imide groups is 1. The van der Waals surface area contributed by atoms with Crippen molar-refractivity contribution in [2.75, 3.05) is 6.61 Å². The number of hydrogen-bond acceptors (Lipinski definition) is 4. The maximum atomic E-state index is 11.3. The molecule has 1 aliphatic rings. The fraction of sp³-hybridized carbons (Fsp3) is 0.364. The zero-order valence-corrected chi connectivity index (χ0v) is 9.23. The molecule has 5 nitrogen and oxygen atoms in total. The summed E-state index contributed by atoms with van der Waals surface area (Å²) in [7, 11) is 0. The van der Waals surface area contributed by atoms with Gasteiger partial charge in [-0.2, -0.15) is 0 Å². The molecule has 1 aliphatic heterocycles. The number of rotatable bonds is 4. The second-order valence-corrected chi connectivity index (χ2v) is 3.61. The van der Waals surface area contributed by atoms with E-state index in [1.54, 1.807) is 6.92 Å². The standard InChI is InChI=1S/C11H13NO4/c1-7(2)11(15)16-6-8(3)12-9(13)4-5-10(12)14/h4-5,8H,1,6H2,2-3H3. The highest BCUT2D eigenvalue weighted by molar-refractivity contribution is 6.13. The molecule has 86 valence electrons. The molecular formula is C11H13NO4. The van der Waals surface area contributed by atoms with Crippen LogP contribution in [0.5, 0.6) is 0 Å². The van der Waals surface area contributed by atoms with Crippen molar-refractivity contribution in [1.29, 1.82) is 0 Å². The highest BCUT2D eigenvalue weighted by atomic mass is 16.5. The van der Waals surface area contributed by atoms with Crippen molar-refractivity contribution in [3.05, 3.63) is 24.3 Å². The molecule has 0 saturated heterocycles. The molecule has 1 heterocycles. The lowest BCUT2D eigenvalue weighted by atomic mass is 10.3. The van der Waals surface area contributed by atoms with E-state index in [1.165, 1.54) is 19.1 Å². The molecule has 0 bridgehead atoms. The summed E-state index contributed by atoms with van der Waals surface area (Å²) in [5.74, 6) is -1.30. The molecule has 1 atom stereocenters. The third kappa shape index (κ3) is 2.56. The van der Waals surface area contributed by atoms with Crippen molar-refractivity contribution >= 4 is 17.8 Å². The lowest BCUT2D eigenvalue weighted by molar-refractivity contribution is -0.147. The van der Waals surface area contributed by atoms with Crippen molar-refractivity contribution < 1.29 is 19.1 Å². The Bertz CT molecular complexity index is 365. The second-order valence-electron chi connectivity index (χ2n) is 3.61.